The van der Waals surface area contributed by atoms with Crippen LogP contribution in [0.3, 0.4) is 0 Å². The zero-order valence-electron chi connectivity index (χ0n) is 18.0. The van der Waals surface area contributed by atoms with Crippen molar-refractivity contribution in [2.45, 2.75) is 6.54 Å². The number of halogens is 3. The second kappa shape index (κ2) is 10.9. The van der Waals surface area contributed by atoms with Gasteiger partial charge in [-0.3, -0.25) is 19.3 Å². The summed E-state index contributed by atoms with van der Waals surface area (Å²) in [5.41, 5.74) is 1.80. The number of rotatable bonds is 7. The van der Waals surface area contributed by atoms with E-state index in [0.29, 0.717) is 27.6 Å². The minimum Gasteiger partial charge on any atom is -0.482 e. The molecule has 6 nitrogen and oxygen atoms in total. The summed E-state index contributed by atoms with van der Waals surface area (Å²) in [5.74, 6) is -0.921. The molecule has 3 amide bonds. The summed E-state index contributed by atoms with van der Waals surface area (Å²) < 4.78 is 18.6. The minimum atomic E-state index is -0.445. The predicted octanol–water partition coefficient (Wildman–Crippen LogP) is 6.39. The van der Waals surface area contributed by atoms with Gasteiger partial charge in [-0.2, -0.15) is 0 Å². The molecule has 0 spiro atoms. The lowest BCUT2D eigenvalue weighted by Crippen LogP contribution is -2.27. The molecular formula is C25H17Cl2FN2O4S. The van der Waals surface area contributed by atoms with Crippen molar-refractivity contribution in [1.29, 1.82) is 0 Å². The lowest BCUT2D eigenvalue weighted by molar-refractivity contribution is -0.123. The second-order valence-electron chi connectivity index (χ2n) is 7.43. The molecule has 1 N–H and O–H groups in total. The lowest BCUT2D eigenvalue weighted by Gasteiger charge is -2.12. The van der Waals surface area contributed by atoms with E-state index in [1.54, 1.807) is 48.5 Å². The van der Waals surface area contributed by atoms with Gasteiger partial charge in [0.1, 0.15) is 11.6 Å². The van der Waals surface area contributed by atoms with Crippen LogP contribution in [-0.4, -0.2) is 28.6 Å². The molecular weight excluding hydrogens is 514 g/mol. The number of hydrogen-bond acceptors (Lipinski definition) is 5. The van der Waals surface area contributed by atoms with Crippen LogP contribution in [0.15, 0.2) is 71.6 Å². The van der Waals surface area contributed by atoms with E-state index in [1.165, 1.54) is 24.3 Å². The molecule has 178 valence electrons. The van der Waals surface area contributed by atoms with Gasteiger partial charge in [0.15, 0.2) is 6.61 Å². The molecule has 4 rings (SSSR count). The number of carbonyl (C=O) groups is 3. The standard InChI is InChI=1S/C25H17Cl2FN2O4S/c26-17-4-8-19(9-5-17)29-23(31)14-34-21-10-3-16(11-20(21)27)12-22-24(32)30(25(33)35-22)13-15-1-6-18(28)7-2-15/h1-12H,13-14H2,(H,29,31)/b22-12-. The highest BCUT2D eigenvalue weighted by molar-refractivity contribution is 8.18. The number of benzene rings is 3. The van der Waals surface area contributed by atoms with Gasteiger partial charge in [-0.05, 0) is 77.5 Å². The van der Waals surface area contributed by atoms with E-state index < -0.39 is 17.0 Å². The zero-order valence-corrected chi connectivity index (χ0v) is 20.3. The van der Waals surface area contributed by atoms with Crippen molar-refractivity contribution in [3.63, 3.8) is 0 Å². The summed E-state index contributed by atoms with van der Waals surface area (Å²) >= 11 is 12.9. The first kappa shape index (κ1) is 24.8. The molecule has 0 aromatic heterocycles. The maximum absolute atomic E-state index is 13.1. The Kier molecular flexibility index (Phi) is 7.75. The summed E-state index contributed by atoms with van der Waals surface area (Å²) in [6.45, 7) is -0.210. The Morgan fingerprint density at radius 2 is 1.74 bits per heavy atom. The highest BCUT2D eigenvalue weighted by atomic mass is 35.5. The van der Waals surface area contributed by atoms with Gasteiger partial charge in [-0.15, -0.1) is 0 Å². The van der Waals surface area contributed by atoms with Gasteiger partial charge in [0.25, 0.3) is 17.1 Å². The van der Waals surface area contributed by atoms with Crippen molar-refractivity contribution in [3.8, 4) is 5.75 Å². The third kappa shape index (κ3) is 6.42. The molecule has 0 bridgehead atoms. The average molecular weight is 531 g/mol. The average Bonchev–Trinajstić information content (AvgIpc) is 3.08. The van der Waals surface area contributed by atoms with Crippen molar-refractivity contribution < 1.29 is 23.5 Å². The molecule has 1 saturated heterocycles. The molecule has 0 atom stereocenters. The van der Waals surface area contributed by atoms with E-state index in [0.717, 1.165) is 16.7 Å². The smallest absolute Gasteiger partial charge is 0.293 e. The maximum atomic E-state index is 13.1. The Labute approximate surface area is 214 Å². The van der Waals surface area contributed by atoms with Crippen LogP contribution in [0.2, 0.25) is 10.0 Å². The van der Waals surface area contributed by atoms with Crippen LogP contribution < -0.4 is 10.1 Å². The molecule has 35 heavy (non-hydrogen) atoms. The number of amides is 3. The van der Waals surface area contributed by atoms with Crippen LogP contribution in [0.1, 0.15) is 11.1 Å². The first-order valence-electron chi connectivity index (χ1n) is 10.3. The van der Waals surface area contributed by atoms with Gasteiger partial charge in [0.2, 0.25) is 0 Å². The van der Waals surface area contributed by atoms with Crippen molar-refractivity contribution in [2.24, 2.45) is 0 Å². The third-order valence-electron chi connectivity index (χ3n) is 4.87. The summed E-state index contributed by atoms with van der Waals surface area (Å²) in [5, 5.41) is 3.07. The first-order chi connectivity index (χ1) is 16.8. The minimum absolute atomic E-state index is 0.0495. The van der Waals surface area contributed by atoms with Crippen LogP contribution >= 0.6 is 35.0 Å². The van der Waals surface area contributed by atoms with Crippen LogP contribution in [0.25, 0.3) is 6.08 Å². The Hall–Kier alpha value is -3.33. The summed E-state index contributed by atoms with van der Waals surface area (Å²) in [7, 11) is 0. The summed E-state index contributed by atoms with van der Waals surface area (Å²) in [4.78, 5) is 38.5. The summed E-state index contributed by atoms with van der Waals surface area (Å²) in [6, 6.07) is 17.1. The topological polar surface area (TPSA) is 75.7 Å². The second-order valence-corrected chi connectivity index (χ2v) is 9.26. The Morgan fingerprint density at radius 3 is 2.43 bits per heavy atom. The van der Waals surface area contributed by atoms with Crippen LogP contribution in [0.5, 0.6) is 5.75 Å². The molecule has 3 aromatic carbocycles. The molecule has 0 aliphatic carbocycles. The van der Waals surface area contributed by atoms with Gasteiger partial charge in [0.05, 0.1) is 16.5 Å². The highest BCUT2D eigenvalue weighted by Crippen LogP contribution is 2.34. The Morgan fingerprint density at radius 1 is 1.03 bits per heavy atom. The van der Waals surface area contributed by atoms with E-state index in [4.69, 9.17) is 27.9 Å². The van der Waals surface area contributed by atoms with Crippen LogP contribution in [-0.2, 0) is 16.1 Å². The third-order valence-corrected chi connectivity index (χ3v) is 6.32. The quantitative estimate of drug-likeness (QED) is 0.358. The largest absolute Gasteiger partial charge is 0.482 e. The fourth-order valence-electron chi connectivity index (χ4n) is 3.16. The molecule has 3 aromatic rings. The first-order valence-corrected chi connectivity index (χ1v) is 11.8. The fraction of sp³-hybridized carbons (Fsp3) is 0.0800. The number of nitrogens with one attached hydrogen (secondary N) is 1. The molecule has 1 fully saturated rings. The normalized spacial score (nSPS) is 14.5. The molecule has 1 aliphatic heterocycles. The predicted molar refractivity (Wildman–Crippen MR) is 135 cm³/mol. The molecule has 10 heteroatoms. The number of thioether (sulfide) groups is 1. The van der Waals surface area contributed by atoms with Gasteiger partial charge in [0, 0.05) is 10.7 Å². The monoisotopic (exact) mass is 530 g/mol. The fourth-order valence-corrected chi connectivity index (χ4v) is 4.37. The number of imide groups is 1. The number of carbonyl (C=O) groups excluding carboxylic acids is 3. The van der Waals surface area contributed by atoms with Crippen LogP contribution in [0.4, 0.5) is 14.9 Å². The summed E-state index contributed by atoms with van der Waals surface area (Å²) in [6.07, 6.45) is 1.55. The highest BCUT2D eigenvalue weighted by Gasteiger charge is 2.35. The van der Waals surface area contributed by atoms with Gasteiger partial charge in [-0.1, -0.05) is 41.4 Å². The van der Waals surface area contributed by atoms with E-state index >= 15 is 0 Å². The van der Waals surface area contributed by atoms with E-state index in [9.17, 15) is 18.8 Å². The van der Waals surface area contributed by atoms with Crippen molar-refractivity contribution in [3.05, 3.63) is 98.6 Å². The number of nitrogens with zero attached hydrogens (tertiary/aromatic N) is 1. The van der Waals surface area contributed by atoms with E-state index in [2.05, 4.69) is 5.32 Å². The van der Waals surface area contributed by atoms with Gasteiger partial charge >= 0.3 is 0 Å². The van der Waals surface area contributed by atoms with Crippen LogP contribution in [0, 0.1) is 5.82 Å². The lowest BCUT2D eigenvalue weighted by atomic mass is 10.2. The zero-order chi connectivity index (χ0) is 24.9. The number of hydrogen-bond donors (Lipinski definition) is 1. The van der Waals surface area contributed by atoms with E-state index in [1.807, 2.05) is 0 Å². The molecule has 0 radical (unpaired) electrons. The Balaban J connectivity index is 1.37. The number of anilines is 1. The Bertz CT molecular complexity index is 1310. The van der Waals surface area contributed by atoms with Gasteiger partial charge in [-0.25, -0.2) is 4.39 Å². The van der Waals surface area contributed by atoms with Crippen molar-refractivity contribution in [1.82, 2.24) is 4.90 Å². The number of ether oxygens (including phenoxy) is 1. The SMILES string of the molecule is O=C(COc1ccc(/C=C2\SC(=O)N(Cc3ccc(F)cc3)C2=O)cc1Cl)Nc1ccc(Cl)cc1. The van der Waals surface area contributed by atoms with E-state index in [-0.39, 0.29) is 29.0 Å². The maximum Gasteiger partial charge on any atom is 0.293 e. The molecule has 0 saturated carbocycles. The van der Waals surface area contributed by atoms with Crippen molar-refractivity contribution >= 4 is 63.8 Å². The van der Waals surface area contributed by atoms with Gasteiger partial charge < -0.3 is 10.1 Å². The molecule has 1 heterocycles. The van der Waals surface area contributed by atoms with Crippen molar-refractivity contribution in [2.75, 3.05) is 11.9 Å². The molecule has 0 unspecified atom stereocenters. The molecule has 1 aliphatic rings.